The number of rotatable bonds is 3. The number of nitrogens with zero attached hydrogens (tertiary/aromatic N) is 2. The van der Waals surface area contributed by atoms with E-state index in [0.717, 1.165) is 5.56 Å². The number of carbonyl (C=O) groups excluding carboxylic acids is 1. The van der Waals surface area contributed by atoms with Crippen molar-refractivity contribution in [2.24, 2.45) is 0 Å². The fourth-order valence-electron chi connectivity index (χ4n) is 1.56. The number of hydrogen-bond donors (Lipinski definition) is 1. The van der Waals surface area contributed by atoms with Crippen molar-refractivity contribution < 1.29 is 9.72 Å². The summed E-state index contributed by atoms with van der Waals surface area (Å²) in [6.45, 7) is 1.87. The van der Waals surface area contributed by atoms with E-state index in [-0.39, 0.29) is 11.6 Å². The predicted octanol–water partition coefficient (Wildman–Crippen LogP) is 2.55. The molecule has 6 heteroatoms. The van der Waals surface area contributed by atoms with Gasteiger partial charge in [0.25, 0.3) is 11.6 Å². The van der Waals surface area contributed by atoms with Gasteiger partial charge in [0.2, 0.25) is 0 Å². The summed E-state index contributed by atoms with van der Waals surface area (Å²) in [5.74, 6) is -0.331. The topological polar surface area (TPSA) is 85.1 Å². The minimum atomic E-state index is -0.508. The molecule has 0 saturated carbocycles. The highest BCUT2D eigenvalue weighted by Crippen LogP contribution is 2.14. The second-order valence-corrected chi connectivity index (χ2v) is 4.01. The summed E-state index contributed by atoms with van der Waals surface area (Å²) in [4.78, 5) is 25.9. The van der Waals surface area contributed by atoms with Crippen molar-refractivity contribution in [3.63, 3.8) is 0 Å². The lowest BCUT2D eigenvalue weighted by atomic mass is 10.2. The second-order valence-electron chi connectivity index (χ2n) is 4.01. The van der Waals surface area contributed by atoms with E-state index in [0.29, 0.717) is 11.3 Å². The van der Waals surface area contributed by atoms with E-state index in [1.54, 1.807) is 12.3 Å². The summed E-state index contributed by atoms with van der Waals surface area (Å²) in [6.07, 6.45) is 3.22. The Hall–Kier alpha value is -2.76. The van der Waals surface area contributed by atoms with Gasteiger partial charge in [-0.3, -0.25) is 19.9 Å². The number of nitro benzene ring substituents is 1. The van der Waals surface area contributed by atoms with E-state index < -0.39 is 4.92 Å². The highest BCUT2D eigenvalue weighted by molar-refractivity contribution is 6.04. The minimum absolute atomic E-state index is 0.0474. The Morgan fingerprint density at radius 2 is 1.95 bits per heavy atom. The van der Waals surface area contributed by atoms with Crippen LogP contribution in [0.3, 0.4) is 0 Å². The maximum Gasteiger partial charge on any atom is 0.269 e. The summed E-state index contributed by atoms with van der Waals surface area (Å²) in [5.41, 5.74) is 1.82. The summed E-state index contributed by atoms with van der Waals surface area (Å²) in [6, 6.07) is 7.20. The molecule has 0 aliphatic rings. The molecule has 96 valence electrons. The molecule has 1 heterocycles. The molecular weight excluding hydrogens is 246 g/mol. The Bertz CT molecular complexity index is 623. The number of benzene rings is 1. The van der Waals surface area contributed by atoms with Crippen molar-refractivity contribution >= 4 is 17.3 Å². The molecule has 0 fully saturated rings. The number of non-ortho nitro benzene ring substituents is 1. The first-order valence-corrected chi connectivity index (χ1v) is 5.54. The molecule has 0 radical (unpaired) electrons. The molecule has 1 aromatic carbocycles. The SMILES string of the molecule is Cc1cncc(NC(=O)c2ccc([N+](=O)[O-])cc2)c1. The van der Waals surface area contributed by atoms with E-state index in [4.69, 9.17) is 0 Å². The van der Waals surface area contributed by atoms with Gasteiger partial charge in [0, 0.05) is 23.9 Å². The van der Waals surface area contributed by atoms with Crippen LogP contribution in [0.1, 0.15) is 15.9 Å². The van der Waals surface area contributed by atoms with Gasteiger partial charge in [0.15, 0.2) is 0 Å². The predicted molar refractivity (Wildman–Crippen MR) is 70.0 cm³/mol. The standard InChI is InChI=1S/C13H11N3O3/c1-9-6-11(8-14-7-9)15-13(17)10-2-4-12(5-3-10)16(18)19/h2-8H,1H3,(H,15,17). The Balaban J connectivity index is 2.14. The molecule has 0 aliphatic heterocycles. The molecule has 0 unspecified atom stereocenters. The molecule has 0 aliphatic carbocycles. The first-order valence-electron chi connectivity index (χ1n) is 5.54. The zero-order valence-corrected chi connectivity index (χ0v) is 10.2. The smallest absolute Gasteiger partial charge is 0.269 e. The number of amides is 1. The quantitative estimate of drug-likeness (QED) is 0.676. The molecule has 1 amide bonds. The number of carbonyl (C=O) groups is 1. The van der Waals surface area contributed by atoms with Crippen LogP contribution in [0.4, 0.5) is 11.4 Å². The van der Waals surface area contributed by atoms with E-state index in [9.17, 15) is 14.9 Å². The third-order valence-corrected chi connectivity index (χ3v) is 2.47. The van der Waals surface area contributed by atoms with Crippen LogP contribution in [0.5, 0.6) is 0 Å². The summed E-state index contributed by atoms with van der Waals surface area (Å²) >= 11 is 0. The Morgan fingerprint density at radius 3 is 2.53 bits per heavy atom. The fraction of sp³-hybridized carbons (Fsp3) is 0.0769. The molecule has 1 N–H and O–H groups in total. The number of nitrogens with one attached hydrogen (secondary N) is 1. The molecule has 2 aromatic rings. The molecule has 2 rings (SSSR count). The lowest BCUT2D eigenvalue weighted by Crippen LogP contribution is -2.12. The molecule has 0 saturated heterocycles. The normalized spacial score (nSPS) is 9.95. The third kappa shape index (κ3) is 3.12. The van der Waals surface area contributed by atoms with Crippen molar-refractivity contribution in [1.29, 1.82) is 0 Å². The van der Waals surface area contributed by atoms with Gasteiger partial charge in [-0.05, 0) is 30.7 Å². The summed E-state index contributed by atoms with van der Waals surface area (Å²) < 4.78 is 0. The first kappa shape index (κ1) is 12.7. The number of aromatic nitrogens is 1. The van der Waals surface area contributed by atoms with Crippen molar-refractivity contribution in [3.05, 3.63) is 64.0 Å². The summed E-state index contributed by atoms with van der Waals surface area (Å²) in [5, 5.41) is 13.2. The van der Waals surface area contributed by atoms with Gasteiger partial charge in [-0.15, -0.1) is 0 Å². The van der Waals surface area contributed by atoms with E-state index in [2.05, 4.69) is 10.3 Å². The first-order chi connectivity index (χ1) is 9.06. The van der Waals surface area contributed by atoms with Crippen molar-refractivity contribution in [3.8, 4) is 0 Å². The highest BCUT2D eigenvalue weighted by Gasteiger charge is 2.09. The Kier molecular flexibility index (Phi) is 3.51. The molecule has 19 heavy (non-hydrogen) atoms. The maximum absolute atomic E-state index is 11.9. The number of nitro groups is 1. The van der Waals surface area contributed by atoms with Crippen molar-refractivity contribution in [2.75, 3.05) is 5.32 Å². The highest BCUT2D eigenvalue weighted by atomic mass is 16.6. The number of hydrogen-bond acceptors (Lipinski definition) is 4. The average Bonchev–Trinajstić information content (AvgIpc) is 2.39. The van der Waals surface area contributed by atoms with Gasteiger partial charge in [-0.2, -0.15) is 0 Å². The molecule has 0 spiro atoms. The molecule has 0 bridgehead atoms. The second kappa shape index (κ2) is 5.26. The molecule has 6 nitrogen and oxygen atoms in total. The molecular formula is C13H11N3O3. The average molecular weight is 257 g/mol. The Morgan fingerprint density at radius 1 is 1.26 bits per heavy atom. The lowest BCUT2D eigenvalue weighted by molar-refractivity contribution is -0.384. The largest absolute Gasteiger partial charge is 0.321 e. The van der Waals surface area contributed by atoms with Gasteiger partial charge in [-0.25, -0.2) is 0 Å². The van der Waals surface area contributed by atoms with Crippen LogP contribution in [0, 0.1) is 17.0 Å². The van der Waals surface area contributed by atoms with Crippen molar-refractivity contribution in [2.45, 2.75) is 6.92 Å². The van der Waals surface area contributed by atoms with Gasteiger partial charge in [0.1, 0.15) is 0 Å². The lowest BCUT2D eigenvalue weighted by Gasteiger charge is -2.05. The number of anilines is 1. The maximum atomic E-state index is 11.9. The van der Waals surface area contributed by atoms with Gasteiger partial charge >= 0.3 is 0 Å². The fourth-order valence-corrected chi connectivity index (χ4v) is 1.56. The number of aryl methyl sites for hydroxylation is 1. The van der Waals surface area contributed by atoms with Crippen LogP contribution >= 0.6 is 0 Å². The van der Waals surface area contributed by atoms with Crippen molar-refractivity contribution in [1.82, 2.24) is 4.98 Å². The Labute approximate surface area is 109 Å². The van der Waals surface area contributed by atoms with Crippen LogP contribution in [0.2, 0.25) is 0 Å². The third-order valence-electron chi connectivity index (χ3n) is 2.47. The monoisotopic (exact) mass is 257 g/mol. The van der Waals surface area contributed by atoms with Crippen LogP contribution in [0.15, 0.2) is 42.7 Å². The minimum Gasteiger partial charge on any atom is -0.321 e. The van der Waals surface area contributed by atoms with Gasteiger partial charge in [-0.1, -0.05) is 0 Å². The van der Waals surface area contributed by atoms with Gasteiger partial charge < -0.3 is 5.32 Å². The molecule has 1 aromatic heterocycles. The van der Waals surface area contributed by atoms with Crippen LogP contribution in [-0.2, 0) is 0 Å². The van der Waals surface area contributed by atoms with E-state index >= 15 is 0 Å². The zero-order chi connectivity index (χ0) is 13.8. The van der Waals surface area contributed by atoms with E-state index in [1.807, 2.05) is 6.92 Å². The number of pyridine rings is 1. The summed E-state index contributed by atoms with van der Waals surface area (Å²) in [7, 11) is 0. The van der Waals surface area contributed by atoms with Gasteiger partial charge in [0.05, 0.1) is 16.8 Å². The van der Waals surface area contributed by atoms with Crippen LogP contribution in [-0.4, -0.2) is 15.8 Å². The van der Waals surface area contributed by atoms with Crippen LogP contribution in [0.25, 0.3) is 0 Å². The zero-order valence-electron chi connectivity index (χ0n) is 10.2. The van der Waals surface area contributed by atoms with Crippen LogP contribution < -0.4 is 5.32 Å². The molecule has 0 atom stereocenters. The van der Waals surface area contributed by atoms with E-state index in [1.165, 1.54) is 30.5 Å².